The molecule has 1 amide bonds. The van der Waals surface area contributed by atoms with Crippen LogP contribution in [0.1, 0.15) is 34.6 Å². The van der Waals surface area contributed by atoms with E-state index < -0.39 is 29.0 Å². The zero-order chi connectivity index (χ0) is 16.0. The average molecular weight is 287 g/mol. The van der Waals surface area contributed by atoms with Crippen molar-refractivity contribution in [2.45, 2.75) is 45.8 Å². The molecule has 0 heterocycles. The summed E-state index contributed by atoms with van der Waals surface area (Å²) >= 11 is 0. The second-order valence-corrected chi connectivity index (χ2v) is 5.18. The summed E-state index contributed by atoms with van der Waals surface area (Å²) in [5, 5.41) is 0. The molecule has 0 saturated heterocycles. The molecule has 0 aliphatic carbocycles. The number of carbonyl (C=O) groups is 3. The first kappa shape index (κ1) is 18.1. The van der Waals surface area contributed by atoms with Crippen molar-refractivity contribution in [2.24, 2.45) is 0 Å². The lowest BCUT2D eigenvalue weighted by Gasteiger charge is -2.25. The van der Waals surface area contributed by atoms with E-state index in [0.717, 1.165) is 6.92 Å². The fourth-order valence-corrected chi connectivity index (χ4v) is 0.972. The van der Waals surface area contributed by atoms with Gasteiger partial charge in [0.1, 0.15) is 12.2 Å². The van der Waals surface area contributed by atoms with Crippen LogP contribution in [0.2, 0.25) is 0 Å². The first-order chi connectivity index (χ1) is 9.03. The minimum absolute atomic E-state index is 0.0719. The number of hydrogen-bond donors (Lipinski definition) is 1. The molecule has 0 aromatic rings. The first-order valence-electron chi connectivity index (χ1n) is 5.99. The van der Waals surface area contributed by atoms with Crippen LogP contribution in [0.4, 0.5) is 4.79 Å². The third kappa shape index (κ3) is 5.83. The van der Waals surface area contributed by atoms with Crippen molar-refractivity contribution < 1.29 is 28.7 Å². The van der Waals surface area contributed by atoms with Gasteiger partial charge in [0.25, 0.3) is 0 Å². The molecular weight excluding hydrogens is 266 g/mol. The fraction of sp³-hybridized carbons (Fsp3) is 0.615. The second kappa shape index (κ2) is 7.04. The number of esters is 1. The summed E-state index contributed by atoms with van der Waals surface area (Å²) in [5.74, 6) is -1.55. The van der Waals surface area contributed by atoms with Crippen LogP contribution in [-0.4, -0.2) is 35.7 Å². The van der Waals surface area contributed by atoms with Gasteiger partial charge in [-0.25, -0.2) is 14.4 Å². The smallest absolute Gasteiger partial charge is 0.431 e. The summed E-state index contributed by atoms with van der Waals surface area (Å²) in [5.41, 5.74) is -0.767. The Morgan fingerprint density at radius 3 is 2.15 bits per heavy atom. The molecule has 114 valence electrons. The topological polar surface area (TPSA) is 90.9 Å². The third-order valence-electron chi connectivity index (χ3n) is 2.13. The van der Waals surface area contributed by atoms with E-state index in [1.54, 1.807) is 20.8 Å². The summed E-state index contributed by atoms with van der Waals surface area (Å²) in [4.78, 5) is 39.6. The van der Waals surface area contributed by atoms with E-state index in [4.69, 9.17) is 14.3 Å². The van der Waals surface area contributed by atoms with Gasteiger partial charge in [0, 0.05) is 0 Å². The summed E-state index contributed by atoms with van der Waals surface area (Å²) in [6.07, 6.45) is 0.432. The lowest BCUT2D eigenvalue weighted by Crippen LogP contribution is -2.51. The van der Waals surface area contributed by atoms with Gasteiger partial charge in [-0.05, 0) is 34.6 Å². The molecule has 0 aliphatic rings. The maximum Gasteiger partial charge on any atom is 0.431 e. The maximum atomic E-state index is 11.8. The Balaban J connectivity index is 4.70. The second-order valence-electron chi connectivity index (χ2n) is 5.18. The van der Waals surface area contributed by atoms with Crippen molar-refractivity contribution in [3.05, 3.63) is 12.7 Å². The van der Waals surface area contributed by atoms with Gasteiger partial charge in [-0.2, -0.15) is 5.48 Å². The van der Waals surface area contributed by atoms with Crippen molar-refractivity contribution in [3.63, 3.8) is 0 Å². The molecule has 0 fully saturated rings. The summed E-state index contributed by atoms with van der Waals surface area (Å²) in [6, 6.07) is 0. The SMILES string of the molecule is C=CCOC(=O)C(C)(ONC(=O)OC(C)(C)C)C(C)=O. The Morgan fingerprint density at radius 1 is 1.20 bits per heavy atom. The lowest BCUT2D eigenvalue weighted by molar-refractivity contribution is -0.181. The highest BCUT2D eigenvalue weighted by Gasteiger charge is 2.43. The number of hydroxylamine groups is 1. The van der Waals surface area contributed by atoms with Crippen molar-refractivity contribution in [3.8, 4) is 0 Å². The van der Waals surface area contributed by atoms with Crippen molar-refractivity contribution in [1.29, 1.82) is 0 Å². The van der Waals surface area contributed by atoms with Crippen LogP contribution in [-0.2, 0) is 23.9 Å². The van der Waals surface area contributed by atoms with Gasteiger partial charge in [0.2, 0.25) is 5.60 Å². The molecule has 1 atom stereocenters. The van der Waals surface area contributed by atoms with Crippen LogP contribution >= 0.6 is 0 Å². The lowest BCUT2D eigenvalue weighted by atomic mass is 10.0. The number of rotatable bonds is 6. The molecule has 0 aromatic carbocycles. The molecule has 0 radical (unpaired) electrons. The predicted octanol–water partition coefficient (Wildman–Crippen LogP) is 1.52. The highest BCUT2D eigenvalue weighted by atomic mass is 16.7. The molecular formula is C13H21NO6. The Kier molecular flexibility index (Phi) is 6.38. The van der Waals surface area contributed by atoms with E-state index in [1.165, 1.54) is 13.0 Å². The molecule has 0 saturated carbocycles. The van der Waals surface area contributed by atoms with E-state index in [0.29, 0.717) is 0 Å². The number of amides is 1. The zero-order valence-electron chi connectivity index (χ0n) is 12.4. The van der Waals surface area contributed by atoms with Crippen LogP contribution in [0.15, 0.2) is 12.7 Å². The van der Waals surface area contributed by atoms with Gasteiger partial charge in [0.05, 0.1) is 0 Å². The molecule has 0 spiro atoms. The van der Waals surface area contributed by atoms with Gasteiger partial charge < -0.3 is 9.47 Å². The quantitative estimate of drug-likeness (QED) is 0.345. The average Bonchev–Trinajstić information content (AvgIpc) is 2.30. The molecule has 7 heteroatoms. The van der Waals surface area contributed by atoms with Crippen LogP contribution in [0.3, 0.4) is 0 Å². The van der Waals surface area contributed by atoms with Crippen molar-refractivity contribution >= 4 is 17.8 Å². The minimum Gasteiger partial charge on any atom is -0.459 e. The standard InChI is InChI=1S/C13H21NO6/c1-7-8-18-10(16)13(6,9(2)15)20-14-11(17)19-12(3,4)5/h7H,1,8H2,2-6H3,(H,14,17). The van der Waals surface area contributed by atoms with Crippen molar-refractivity contribution in [2.75, 3.05) is 6.61 Å². The Bertz CT molecular complexity index is 398. The molecule has 0 bridgehead atoms. The Morgan fingerprint density at radius 2 is 1.75 bits per heavy atom. The highest BCUT2D eigenvalue weighted by Crippen LogP contribution is 2.14. The van der Waals surface area contributed by atoms with Gasteiger partial charge in [-0.1, -0.05) is 12.7 Å². The summed E-state index contributed by atoms with van der Waals surface area (Å²) in [6.45, 7) is 10.6. The minimum atomic E-state index is -1.94. The summed E-state index contributed by atoms with van der Waals surface area (Å²) < 4.78 is 9.68. The van der Waals surface area contributed by atoms with E-state index in [9.17, 15) is 14.4 Å². The van der Waals surface area contributed by atoms with Crippen LogP contribution in [0.25, 0.3) is 0 Å². The van der Waals surface area contributed by atoms with Gasteiger partial charge >= 0.3 is 12.1 Å². The molecule has 1 unspecified atom stereocenters. The van der Waals surface area contributed by atoms with Crippen LogP contribution < -0.4 is 5.48 Å². The highest BCUT2D eigenvalue weighted by molar-refractivity contribution is 6.05. The number of carbonyl (C=O) groups excluding carboxylic acids is 3. The summed E-state index contributed by atoms with van der Waals surface area (Å²) in [7, 11) is 0. The van der Waals surface area contributed by atoms with E-state index in [2.05, 4.69) is 6.58 Å². The normalized spacial score (nSPS) is 13.8. The fourth-order valence-electron chi connectivity index (χ4n) is 0.972. The first-order valence-corrected chi connectivity index (χ1v) is 5.99. The number of nitrogens with one attached hydrogen (secondary N) is 1. The number of hydrogen-bond acceptors (Lipinski definition) is 6. The predicted molar refractivity (Wildman–Crippen MR) is 70.7 cm³/mol. The van der Waals surface area contributed by atoms with Crippen LogP contribution in [0.5, 0.6) is 0 Å². The number of ketones is 1. The third-order valence-corrected chi connectivity index (χ3v) is 2.13. The Labute approximate surface area is 118 Å². The molecule has 0 aromatic heterocycles. The molecule has 20 heavy (non-hydrogen) atoms. The largest absolute Gasteiger partial charge is 0.459 e. The van der Waals surface area contributed by atoms with Gasteiger partial charge in [-0.15, -0.1) is 0 Å². The number of Topliss-reactive ketones (excluding diaryl/α,β-unsaturated/α-hetero) is 1. The van der Waals surface area contributed by atoms with E-state index >= 15 is 0 Å². The van der Waals surface area contributed by atoms with E-state index in [-0.39, 0.29) is 6.61 Å². The molecule has 0 rings (SSSR count). The van der Waals surface area contributed by atoms with Gasteiger partial charge in [-0.3, -0.25) is 4.79 Å². The van der Waals surface area contributed by atoms with Crippen molar-refractivity contribution in [1.82, 2.24) is 5.48 Å². The number of ether oxygens (including phenoxy) is 2. The maximum absolute atomic E-state index is 11.8. The molecule has 1 N–H and O–H groups in total. The zero-order valence-corrected chi connectivity index (χ0v) is 12.4. The van der Waals surface area contributed by atoms with E-state index in [1.807, 2.05) is 5.48 Å². The molecule has 0 aliphatic heterocycles. The monoisotopic (exact) mass is 287 g/mol. The van der Waals surface area contributed by atoms with Crippen LogP contribution in [0, 0.1) is 0 Å². The van der Waals surface area contributed by atoms with Gasteiger partial charge in [0.15, 0.2) is 5.78 Å². The molecule has 7 nitrogen and oxygen atoms in total. The Hall–Kier alpha value is -1.89.